The predicted molar refractivity (Wildman–Crippen MR) is 93.7 cm³/mol. The van der Waals surface area contributed by atoms with E-state index in [0.29, 0.717) is 0 Å². The molecule has 0 aromatic carbocycles. The number of aromatic nitrogens is 3. The first-order valence-corrected chi connectivity index (χ1v) is 8.41. The number of hydrogen-bond acceptors (Lipinski definition) is 8. The number of anilines is 1. The van der Waals surface area contributed by atoms with Gasteiger partial charge >= 0.3 is 12.1 Å². The molecule has 0 bridgehead atoms. The topological polar surface area (TPSA) is 176 Å². The van der Waals surface area contributed by atoms with Crippen LogP contribution in [-0.2, 0) is 9.53 Å². The second-order valence-electron chi connectivity index (χ2n) is 6.31. The predicted octanol–water partition coefficient (Wildman–Crippen LogP) is -2.05. The molecule has 0 saturated carbocycles. The lowest BCUT2D eigenvalue weighted by Gasteiger charge is -2.17. The molecule has 4 atom stereocenters. The number of nitrogens with zero attached hydrogens (tertiary/aromatic N) is 2. The molecule has 2 aromatic heterocycles. The van der Waals surface area contributed by atoms with Crippen molar-refractivity contribution in [1.29, 1.82) is 0 Å². The Morgan fingerprint density at radius 2 is 2.10 bits per heavy atom. The van der Waals surface area contributed by atoms with Gasteiger partial charge in [0.1, 0.15) is 18.3 Å². The third kappa shape index (κ3) is 3.96. The smallest absolute Gasteiger partial charge is 0.394 e. The van der Waals surface area contributed by atoms with Crippen LogP contribution in [0.25, 0.3) is 11.0 Å². The van der Waals surface area contributed by atoms with Gasteiger partial charge in [-0.2, -0.15) is 18.2 Å². The Bertz CT molecular complexity index is 1090. The minimum atomic E-state index is -5.06. The minimum Gasteiger partial charge on any atom is -0.394 e. The summed E-state index contributed by atoms with van der Waals surface area (Å²) in [5.74, 6) is 2.29. The van der Waals surface area contributed by atoms with Crippen molar-refractivity contribution in [2.45, 2.75) is 30.7 Å². The molecule has 0 spiro atoms. The molecular weight excluding hydrogens is 415 g/mol. The lowest BCUT2D eigenvalue weighted by Crippen LogP contribution is -2.36. The van der Waals surface area contributed by atoms with Crippen molar-refractivity contribution in [3.8, 4) is 11.8 Å². The molecular formula is C16H16F3N5O6. The number of aliphatic hydroxyl groups is 3. The fourth-order valence-electron chi connectivity index (χ4n) is 2.94. The highest BCUT2D eigenvalue weighted by atomic mass is 19.4. The first-order valence-electron chi connectivity index (χ1n) is 8.41. The van der Waals surface area contributed by atoms with Crippen LogP contribution in [0.15, 0.2) is 11.0 Å². The Labute approximate surface area is 165 Å². The molecule has 0 aliphatic carbocycles. The quantitative estimate of drug-likeness (QED) is 0.301. The Kier molecular flexibility index (Phi) is 5.72. The second-order valence-corrected chi connectivity index (χ2v) is 6.31. The summed E-state index contributed by atoms with van der Waals surface area (Å²) >= 11 is 0. The molecule has 162 valence electrons. The van der Waals surface area contributed by atoms with Gasteiger partial charge in [-0.3, -0.25) is 14.6 Å². The Hall–Kier alpha value is -3.12. The van der Waals surface area contributed by atoms with Crippen molar-refractivity contribution >= 4 is 22.9 Å². The van der Waals surface area contributed by atoms with E-state index < -0.39 is 55.3 Å². The largest absolute Gasteiger partial charge is 0.471 e. The zero-order valence-electron chi connectivity index (χ0n) is 15.0. The number of H-pyrrole nitrogens is 1. The van der Waals surface area contributed by atoms with E-state index in [4.69, 9.17) is 10.5 Å². The van der Waals surface area contributed by atoms with E-state index in [-0.39, 0.29) is 22.5 Å². The van der Waals surface area contributed by atoms with Gasteiger partial charge in [0.05, 0.1) is 24.1 Å². The van der Waals surface area contributed by atoms with Gasteiger partial charge in [0.15, 0.2) is 11.9 Å². The van der Waals surface area contributed by atoms with Crippen LogP contribution in [0.1, 0.15) is 11.8 Å². The SMILES string of the molecule is Nc1nc2c(c(C#CCNC(=O)C(F)(F)F)cn2C2O[C@H](CO)[C@@H](O)[C@H]2O)c(=O)[nH]1. The number of nitrogen functional groups attached to an aromatic ring is 1. The minimum absolute atomic E-state index is 0.00209. The lowest BCUT2D eigenvalue weighted by atomic mass is 10.1. The summed E-state index contributed by atoms with van der Waals surface area (Å²) in [6, 6.07) is 0. The van der Waals surface area contributed by atoms with Crippen LogP contribution in [0.3, 0.4) is 0 Å². The number of hydrogen-bond donors (Lipinski definition) is 6. The zero-order valence-corrected chi connectivity index (χ0v) is 15.0. The van der Waals surface area contributed by atoms with Crippen molar-refractivity contribution in [2.24, 2.45) is 0 Å². The molecule has 1 fully saturated rings. The molecule has 7 N–H and O–H groups in total. The Balaban J connectivity index is 1.99. The summed E-state index contributed by atoms with van der Waals surface area (Å²) in [7, 11) is 0. The van der Waals surface area contributed by atoms with Crippen LogP contribution in [0, 0.1) is 11.8 Å². The number of fused-ring (bicyclic) bond motifs is 1. The molecule has 11 nitrogen and oxygen atoms in total. The van der Waals surface area contributed by atoms with Crippen LogP contribution < -0.4 is 16.6 Å². The number of carbonyl (C=O) groups excluding carboxylic acids is 1. The van der Waals surface area contributed by atoms with Crippen molar-refractivity contribution < 1.29 is 38.0 Å². The number of rotatable bonds is 3. The van der Waals surface area contributed by atoms with E-state index in [1.807, 2.05) is 0 Å². The third-order valence-electron chi connectivity index (χ3n) is 4.31. The summed E-state index contributed by atoms with van der Waals surface area (Å²) in [5.41, 5.74) is 4.76. The fraction of sp³-hybridized carbons (Fsp3) is 0.438. The normalized spacial score (nSPS) is 23.9. The van der Waals surface area contributed by atoms with Gasteiger partial charge in [0.2, 0.25) is 5.95 Å². The Morgan fingerprint density at radius 1 is 1.40 bits per heavy atom. The van der Waals surface area contributed by atoms with Crippen molar-refractivity contribution in [2.75, 3.05) is 18.9 Å². The summed E-state index contributed by atoms with van der Waals surface area (Å²) in [6.45, 7) is -1.24. The summed E-state index contributed by atoms with van der Waals surface area (Å²) in [4.78, 5) is 29.3. The number of nitrogens with one attached hydrogen (secondary N) is 2. The molecule has 1 saturated heterocycles. The van der Waals surface area contributed by atoms with Crippen LogP contribution >= 0.6 is 0 Å². The highest BCUT2D eigenvalue weighted by molar-refractivity contribution is 5.84. The number of halogens is 3. The van der Waals surface area contributed by atoms with Crippen molar-refractivity contribution in [3.05, 3.63) is 22.1 Å². The number of ether oxygens (including phenoxy) is 1. The molecule has 30 heavy (non-hydrogen) atoms. The lowest BCUT2D eigenvalue weighted by molar-refractivity contribution is -0.173. The zero-order chi connectivity index (χ0) is 22.2. The standard InChI is InChI=1S/C16H16F3N5O6/c17-16(18,19)14(29)21-3-1-2-6-4-24(11-8(6)12(28)23-15(20)22-11)13-10(27)9(26)7(5-25)30-13/h4,7,9-10,13,25-27H,3,5H2,(H,21,29)(H3,20,22,23,28)/t7-,9-,10-,13?/m1/s1. The molecule has 1 amide bonds. The van der Waals surface area contributed by atoms with E-state index in [2.05, 4.69) is 21.8 Å². The summed E-state index contributed by atoms with van der Waals surface area (Å²) in [5, 5.41) is 30.9. The molecule has 1 aliphatic rings. The Morgan fingerprint density at radius 3 is 2.70 bits per heavy atom. The van der Waals surface area contributed by atoms with Crippen LogP contribution in [-0.4, -0.2) is 73.4 Å². The van der Waals surface area contributed by atoms with Gasteiger partial charge in [0, 0.05) is 6.20 Å². The summed E-state index contributed by atoms with van der Waals surface area (Å²) in [6.07, 6.45) is -9.11. The first kappa shape index (κ1) is 21.6. The number of amides is 1. The van der Waals surface area contributed by atoms with Crippen LogP contribution in [0.2, 0.25) is 0 Å². The van der Waals surface area contributed by atoms with Crippen LogP contribution in [0.5, 0.6) is 0 Å². The monoisotopic (exact) mass is 431 g/mol. The molecule has 1 unspecified atom stereocenters. The molecule has 0 radical (unpaired) electrons. The number of aliphatic hydroxyl groups excluding tert-OH is 3. The van der Waals surface area contributed by atoms with E-state index in [1.54, 1.807) is 5.32 Å². The van der Waals surface area contributed by atoms with E-state index in [0.717, 1.165) is 0 Å². The number of aromatic amines is 1. The molecule has 3 rings (SSSR count). The van der Waals surface area contributed by atoms with Gasteiger partial charge in [-0.25, -0.2) is 0 Å². The second kappa shape index (κ2) is 7.95. The highest BCUT2D eigenvalue weighted by Crippen LogP contribution is 2.32. The van der Waals surface area contributed by atoms with Gasteiger partial charge in [-0.1, -0.05) is 11.8 Å². The molecule has 2 aromatic rings. The average Bonchev–Trinajstić information content (AvgIpc) is 3.15. The van der Waals surface area contributed by atoms with Crippen LogP contribution in [0.4, 0.5) is 19.1 Å². The molecule has 1 aliphatic heterocycles. The number of carbonyl (C=O) groups is 1. The van der Waals surface area contributed by atoms with E-state index in [9.17, 15) is 38.1 Å². The molecule has 3 heterocycles. The highest BCUT2D eigenvalue weighted by Gasteiger charge is 2.44. The van der Waals surface area contributed by atoms with Gasteiger partial charge in [-0.15, -0.1) is 0 Å². The third-order valence-corrected chi connectivity index (χ3v) is 4.31. The number of alkyl halides is 3. The fourth-order valence-corrected chi connectivity index (χ4v) is 2.94. The maximum absolute atomic E-state index is 12.3. The van der Waals surface area contributed by atoms with Gasteiger partial charge < -0.3 is 35.7 Å². The maximum Gasteiger partial charge on any atom is 0.471 e. The molecule has 14 heteroatoms. The van der Waals surface area contributed by atoms with Crippen molar-refractivity contribution in [3.63, 3.8) is 0 Å². The number of nitrogens with two attached hydrogens (primary N) is 1. The van der Waals surface area contributed by atoms with Gasteiger partial charge in [0.25, 0.3) is 5.56 Å². The summed E-state index contributed by atoms with van der Waals surface area (Å²) < 4.78 is 43.2. The van der Waals surface area contributed by atoms with Crippen molar-refractivity contribution in [1.82, 2.24) is 19.9 Å². The average molecular weight is 431 g/mol. The first-order chi connectivity index (χ1) is 14.0. The maximum atomic E-state index is 12.3. The van der Waals surface area contributed by atoms with E-state index >= 15 is 0 Å². The van der Waals surface area contributed by atoms with Gasteiger partial charge in [-0.05, 0) is 0 Å². The van der Waals surface area contributed by atoms with E-state index in [1.165, 1.54) is 10.8 Å².